The lowest BCUT2D eigenvalue weighted by Gasteiger charge is -2.10. The van der Waals surface area contributed by atoms with E-state index < -0.39 is 0 Å². The largest absolute Gasteiger partial charge is 0.307 e. The first-order valence-electron chi connectivity index (χ1n) is 16.0. The molecule has 0 radical (unpaired) electrons. The van der Waals surface area contributed by atoms with Gasteiger partial charge in [0, 0.05) is 42.3 Å². The minimum atomic E-state index is 1.20. The second kappa shape index (κ2) is 9.71. The number of rotatable bonds is 3. The maximum Gasteiger partial charge on any atom is 0.0905 e. The van der Waals surface area contributed by atoms with Crippen LogP contribution in [0.5, 0.6) is 0 Å². The van der Waals surface area contributed by atoms with Crippen molar-refractivity contribution in [1.29, 1.82) is 0 Å². The van der Waals surface area contributed by atoms with Gasteiger partial charge in [0.2, 0.25) is 0 Å². The summed E-state index contributed by atoms with van der Waals surface area (Å²) in [5.41, 5.74) is 15.1. The van der Waals surface area contributed by atoms with Gasteiger partial charge in [0.25, 0.3) is 0 Å². The van der Waals surface area contributed by atoms with Crippen LogP contribution >= 0.6 is 34.0 Å². The van der Waals surface area contributed by atoms with Crippen LogP contribution in [0.3, 0.4) is 0 Å². The van der Waals surface area contributed by atoms with Gasteiger partial charge in [0.15, 0.2) is 0 Å². The molecule has 0 aliphatic rings. The molecule has 4 aromatic carbocycles. The zero-order chi connectivity index (χ0) is 31.7. The molecule has 6 heterocycles. The lowest BCUT2D eigenvalue weighted by atomic mass is 10.1. The van der Waals surface area contributed by atoms with Crippen molar-refractivity contribution >= 4 is 96.7 Å². The molecule has 3 nitrogen and oxygen atoms in total. The van der Waals surface area contributed by atoms with E-state index in [1.54, 1.807) is 0 Å². The summed E-state index contributed by atoms with van der Waals surface area (Å²) in [6.45, 7) is 10.9. The first-order valence-corrected chi connectivity index (χ1v) is 18.5. The Balaban J connectivity index is 1.41. The third kappa shape index (κ3) is 3.83. The van der Waals surface area contributed by atoms with Crippen molar-refractivity contribution in [3.05, 3.63) is 124 Å². The van der Waals surface area contributed by atoms with Gasteiger partial charge in [0.05, 0.1) is 47.2 Å². The van der Waals surface area contributed by atoms with Gasteiger partial charge in [-0.3, -0.25) is 0 Å². The molecule has 0 amide bonds. The number of hydrogen-bond donors (Lipinski definition) is 0. The zero-order valence-corrected chi connectivity index (χ0v) is 29.3. The molecule has 0 spiro atoms. The number of thiophene rings is 3. The fourth-order valence-electron chi connectivity index (χ4n) is 7.45. The highest BCUT2D eigenvalue weighted by atomic mass is 32.1. The van der Waals surface area contributed by atoms with E-state index in [-0.39, 0.29) is 0 Å². The van der Waals surface area contributed by atoms with Crippen LogP contribution in [-0.2, 0) is 0 Å². The number of aromatic nitrogens is 3. The lowest BCUT2D eigenvalue weighted by Crippen LogP contribution is -1.94. The first-order chi connectivity index (χ1) is 22.8. The Kier molecular flexibility index (Phi) is 5.68. The molecule has 0 bridgehead atoms. The number of aryl methyl sites for hydroxylation is 5. The van der Waals surface area contributed by atoms with Crippen LogP contribution in [0.25, 0.3) is 79.7 Å². The number of fused-ring (bicyclic) bond motifs is 10. The van der Waals surface area contributed by atoms with Gasteiger partial charge in [0.1, 0.15) is 0 Å². The Morgan fingerprint density at radius 1 is 0.383 bits per heavy atom. The van der Waals surface area contributed by atoms with Crippen LogP contribution in [0.1, 0.15) is 26.4 Å². The van der Waals surface area contributed by atoms with Gasteiger partial charge in [-0.05, 0) is 95.3 Å². The Labute approximate surface area is 284 Å². The van der Waals surface area contributed by atoms with E-state index >= 15 is 0 Å². The molecule has 0 aliphatic carbocycles. The molecule has 228 valence electrons. The van der Waals surface area contributed by atoms with E-state index in [0.29, 0.717) is 0 Å². The standard InChI is InChI=1S/C41H31N3S3/c1-22-6-12-27(13-7-22)42-32-20-31-35(47-41-37(31)44(29-16-10-24(3)11-17-29)34-19-26(5)46-40(34)41)21-30(32)36-38(42)39-33(18-25(4)45-39)43(36)28-14-8-23(2)9-15-28/h6-21H,1-5H3. The molecule has 47 heavy (non-hydrogen) atoms. The normalized spacial score (nSPS) is 12.4. The Bertz CT molecular complexity index is 2860. The summed E-state index contributed by atoms with van der Waals surface area (Å²) in [7, 11) is 0. The Hall–Kier alpha value is -4.62. The van der Waals surface area contributed by atoms with Crippen LogP contribution in [0, 0.1) is 34.6 Å². The molecule has 0 saturated carbocycles. The van der Waals surface area contributed by atoms with E-state index in [4.69, 9.17) is 0 Å². The fraction of sp³-hybridized carbons (Fsp3) is 0.122. The predicted octanol–water partition coefficient (Wildman–Crippen LogP) is 12.7. The van der Waals surface area contributed by atoms with Crippen LogP contribution in [0.2, 0.25) is 0 Å². The molecule has 0 unspecified atom stereocenters. The van der Waals surface area contributed by atoms with Gasteiger partial charge in [-0.2, -0.15) is 0 Å². The molecule has 0 atom stereocenters. The minimum absolute atomic E-state index is 1.20. The van der Waals surface area contributed by atoms with Crippen LogP contribution in [0.4, 0.5) is 0 Å². The fourth-order valence-corrected chi connectivity index (χ4v) is 10.8. The van der Waals surface area contributed by atoms with Gasteiger partial charge < -0.3 is 13.7 Å². The lowest BCUT2D eigenvalue weighted by molar-refractivity contribution is 1.17. The molecular formula is C41H31N3S3. The van der Waals surface area contributed by atoms with Gasteiger partial charge in [-0.1, -0.05) is 53.1 Å². The molecule has 10 rings (SSSR count). The van der Waals surface area contributed by atoms with Crippen molar-refractivity contribution in [2.75, 3.05) is 0 Å². The van der Waals surface area contributed by atoms with Crippen molar-refractivity contribution in [2.24, 2.45) is 0 Å². The maximum absolute atomic E-state index is 2.53. The van der Waals surface area contributed by atoms with Crippen molar-refractivity contribution in [2.45, 2.75) is 34.6 Å². The molecular weight excluding hydrogens is 631 g/mol. The van der Waals surface area contributed by atoms with Crippen molar-refractivity contribution in [1.82, 2.24) is 13.7 Å². The van der Waals surface area contributed by atoms with Gasteiger partial charge >= 0.3 is 0 Å². The van der Waals surface area contributed by atoms with E-state index in [1.165, 1.54) is 106 Å². The quantitative estimate of drug-likeness (QED) is 0.179. The van der Waals surface area contributed by atoms with Crippen molar-refractivity contribution in [3.8, 4) is 17.1 Å². The number of hydrogen-bond acceptors (Lipinski definition) is 3. The van der Waals surface area contributed by atoms with Crippen molar-refractivity contribution < 1.29 is 0 Å². The van der Waals surface area contributed by atoms with Crippen LogP contribution < -0.4 is 0 Å². The summed E-state index contributed by atoms with van der Waals surface area (Å²) in [5.74, 6) is 0. The average Bonchev–Trinajstić information content (AvgIpc) is 3.87. The molecule has 0 saturated heterocycles. The average molecular weight is 662 g/mol. The minimum Gasteiger partial charge on any atom is -0.307 e. The molecule has 0 aliphatic heterocycles. The molecule has 0 fully saturated rings. The van der Waals surface area contributed by atoms with Crippen LogP contribution in [-0.4, -0.2) is 13.7 Å². The summed E-state index contributed by atoms with van der Waals surface area (Å²) in [5, 5.41) is 2.60. The molecule has 6 heteroatoms. The van der Waals surface area contributed by atoms with E-state index in [0.717, 1.165) is 0 Å². The van der Waals surface area contributed by atoms with Gasteiger partial charge in [-0.15, -0.1) is 34.0 Å². The first kappa shape index (κ1) is 27.5. The van der Waals surface area contributed by atoms with Crippen molar-refractivity contribution in [3.63, 3.8) is 0 Å². The summed E-state index contributed by atoms with van der Waals surface area (Å²) < 4.78 is 13.0. The summed E-state index contributed by atoms with van der Waals surface area (Å²) in [6, 6.07) is 36.7. The SMILES string of the molecule is Cc1ccc(-n2c3cc(C)sc3c3sc4cc5c(cc4c32)n(-c2ccc(C)cc2)c2c3sc(C)cc3n(-c3ccc(C)cc3)c52)cc1. The topological polar surface area (TPSA) is 14.8 Å². The predicted molar refractivity (Wildman–Crippen MR) is 207 cm³/mol. The summed E-state index contributed by atoms with van der Waals surface area (Å²) in [4.78, 5) is 2.67. The molecule has 0 N–H and O–H groups in total. The highest BCUT2D eigenvalue weighted by Gasteiger charge is 2.26. The summed E-state index contributed by atoms with van der Waals surface area (Å²) in [6.07, 6.45) is 0. The van der Waals surface area contributed by atoms with Gasteiger partial charge in [-0.25, -0.2) is 0 Å². The van der Waals surface area contributed by atoms with E-state index in [2.05, 4.69) is 145 Å². The third-order valence-corrected chi connectivity index (χ3v) is 13.0. The summed E-state index contributed by atoms with van der Waals surface area (Å²) >= 11 is 5.76. The van der Waals surface area contributed by atoms with E-state index in [1.807, 2.05) is 34.0 Å². The smallest absolute Gasteiger partial charge is 0.0905 e. The van der Waals surface area contributed by atoms with Crippen LogP contribution in [0.15, 0.2) is 97.1 Å². The van der Waals surface area contributed by atoms with E-state index in [9.17, 15) is 0 Å². The second-order valence-corrected chi connectivity index (χ2v) is 16.6. The Morgan fingerprint density at radius 2 is 0.851 bits per heavy atom. The number of benzene rings is 4. The third-order valence-electron chi connectivity index (χ3n) is 9.62. The molecule has 6 aromatic heterocycles. The highest BCUT2D eigenvalue weighted by molar-refractivity contribution is 7.31. The second-order valence-electron chi connectivity index (χ2n) is 13.0. The highest BCUT2D eigenvalue weighted by Crippen LogP contribution is 2.49. The monoisotopic (exact) mass is 661 g/mol. The number of nitrogens with zero attached hydrogens (tertiary/aromatic N) is 3. The molecule has 10 aromatic rings. The maximum atomic E-state index is 2.53. The zero-order valence-electron chi connectivity index (χ0n) is 26.8. The Morgan fingerprint density at radius 3 is 1.40 bits per heavy atom.